The summed E-state index contributed by atoms with van der Waals surface area (Å²) in [5.41, 5.74) is 7.28. The Morgan fingerprint density at radius 3 is 2.61 bits per heavy atom. The van der Waals surface area contributed by atoms with Crippen molar-refractivity contribution in [1.29, 1.82) is 0 Å². The molecule has 2 saturated heterocycles. The van der Waals surface area contributed by atoms with Crippen LogP contribution in [0.4, 0.5) is 0 Å². The molecule has 1 aromatic rings. The molecule has 2 aliphatic rings. The van der Waals surface area contributed by atoms with Crippen molar-refractivity contribution >= 4 is 11.3 Å². The van der Waals surface area contributed by atoms with Gasteiger partial charge in [-0.2, -0.15) is 11.3 Å². The number of ether oxygens (including phenoxy) is 2. The van der Waals surface area contributed by atoms with Crippen molar-refractivity contribution in [2.24, 2.45) is 5.73 Å². The summed E-state index contributed by atoms with van der Waals surface area (Å²) in [5, 5.41) is 4.32. The van der Waals surface area contributed by atoms with Gasteiger partial charge in [0.05, 0.1) is 13.2 Å². The van der Waals surface area contributed by atoms with E-state index in [4.69, 9.17) is 15.2 Å². The molecule has 0 saturated carbocycles. The Morgan fingerprint density at radius 2 is 2.06 bits per heavy atom. The molecule has 2 N–H and O–H groups in total. The lowest BCUT2D eigenvalue weighted by Gasteiger charge is -2.40. The maximum absolute atomic E-state index is 5.94. The van der Waals surface area contributed by atoms with Crippen molar-refractivity contribution in [1.82, 2.24) is 4.90 Å². The van der Waals surface area contributed by atoms with E-state index in [2.05, 4.69) is 21.7 Å². The summed E-state index contributed by atoms with van der Waals surface area (Å²) >= 11 is 1.73. The van der Waals surface area contributed by atoms with Crippen LogP contribution in [0, 0.1) is 0 Å². The summed E-state index contributed by atoms with van der Waals surface area (Å²) in [6.45, 7) is 4.15. The molecular weight excluding hydrogens is 248 g/mol. The quantitative estimate of drug-likeness (QED) is 0.904. The van der Waals surface area contributed by atoms with Crippen molar-refractivity contribution in [3.8, 4) is 0 Å². The van der Waals surface area contributed by atoms with Crippen LogP contribution < -0.4 is 5.73 Å². The highest BCUT2D eigenvalue weighted by molar-refractivity contribution is 7.07. The van der Waals surface area contributed by atoms with E-state index < -0.39 is 0 Å². The van der Waals surface area contributed by atoms with Crippen molar-refractivity contribution in [2.75, 3.05) is 32.8 Å². The van der Waals surface area contributed by atoms with Crippen LogP contribution in [0.15, 0.2) is 16.8 Å². The summed E-state index contributed by atoms with van der Waals surface area (Å²) in [7, 11) is 0. The lowest BCUT2D eigenvalue weighted by atomic mass is 10.00. The second-order valence-corrected chi connectivity index (χ2v) is 5.73. The topological polar surface area (TPSA) is 47.7 Å². The normalized spacial score (nSPS) is 25.6. The first-order valence-corrected chi connectivity index (χ1v) is 7.51. The minimum absolute atomic E-state index is 0.287. The molecule has 2 fully saturated rings. The van der Waals surface area contributed by atoms with E-state index in [1.807, 2.05) is 0 Å². The third-order valence-corrected chi connectivity index (χ3v) is 4.67. The third kappa shape index (κ3) is 2.33. The Balaban J connectivity index is 1.64. The zero-order chi connectivity index (χ0) is 12.4. The van der Waals surface area contributed by atoms with E-state index in [1.165, 1.54) is 5.56 Å². The molecule has 2 aliphatic heterocycles. The van der Waals surface area contributed by atoms with Crippen LogP contribution >= 0.6 is 11.3 Å². The van der Waals surface area contributed by atoms with Crippen LogP contribution in [-0.2, 0) is 9.47 Å². The molecule has 0 aliphatic carbocycles. The SMILES string of the molecule is NCC(c1ccsc1)N1CCC2(CC1)OCCO2. The minimum Gasteiger partial charge on any atom is -0.347 e. The lowest BCUT2D eigenvalue weighted by Crippen LogP contribution is -2.47. The number of nitrogens with zero attached hydrogens (tertiary/aromatic N) is 1. The molecule has 3 heterocycles. The molecule has 3 rings (SSSR count). The average Bonchev–Trinajstić information content (AvgIpc) is 3.05. The molecule has 0 bridgehead atoms. The van der Waals surface area contributed by atoms with Gasteiger partial charge in [0.15, 0.2) is 5.79 Å². The zero-order valence-corrected chi connectivity index (χ0v) is 11.3. The maximum atomic E-state index is 5.94. The van der Waals surface area contributed by atoms with Crippen molar-refractivity contribution in [3.05, 3.63) is 22.4 Å². The summed E-state index contributed by atoms with van der Waals surface area (Å²) in [4.78, 5) is 2.46. The van der Waals surface area contributed by atoms with E-state index in [1.54, 1.807) is 11.3 Å². The fourth-order valence-corrected chi connectivity index (χ4v) is 3.63. The molecule has 0 radical (unpaired) electrons. The fraction of sp³-hybridized carbons (Fsp3) is 0.692. The molecule has 1 aromatic heterocycles. The van der Waals surface area contributed by atoms with Gasteiger partial charge in [0, 0.05) is 38.5 Å². The van der Waals surface area contributed by atoms with Gasteiger partial charge in [-0.3, -0.25) is 4.90 Å². The molecule has 1 atom stereocenters. The van der Waals surface area contributed by atoms with E-state index in [0.717, 1.165) is 39.1 Å². The number of nitrogens with two attached hydrogens (primary N) is 1. The zero-order valence-electron chi connectivity index (χ0n) is 10.5. The van der Waals surface area contributed by atoms with Crippen LogP contribution in [0.3, 0.4) is 0 Å². The predicted octanol–water partition coefficient (Wildman–Crippen LogP) is 1.59. The van der Waals surface area contributed by atoms with Gasteiger partial charge in [-0.15, -0.1) is 0 Å². The third-order valence-electron chi connectivity index (χ3n) is 3.97. The minimum atomic E-state index is -0.287. The highest BCUT2D eigenvalue weighted by Crippen LogP contribution is 2.34. The Bertz CT molecular complexity index is 366. The molecule has 1 unspecified atom stereocenters. The number of thiophene rings is 1. The summed E-state index contributed by atoms with van der Waals surface area (Å²) in [5.74, 6) is -0.287. The van der Waals surface area contributed by atoms with Crippen LogP contribution in [0.5, 0.6) is 0 Å². The largest absolute Gasteiger partial charge is 0.347 e. The fourth-order valence-electron chi connectivity index (χ4n) is 2.92. The Hall–Kier alpha value is -0.460. The Kier molecular flexibility index (Phi) is 3.68. The summed E-state index contributed by atoms with van der Waals surface area (Å²) < 4.78 is 11.5. The van der Waals surface area contributed by atoms with E-state index in [0.29, 0.717) is 12.6 Å². The number of likely N-dealkylation sites (tertiary alicyclic amines) is 1. The second-order valence-electron chi connectivity index (χ2n) is 4.95. The van der Waals surface area contributed by atoms with Gasteiger partial charge in [0.2, 0.25) is 0 Å². The molecular formula is C13H20N2O2S. The molecule has 18 heavy (non-hydrogen) atoms. The van der Waals surface area contributed by atoms with Crippen molar-refractivity contribution in [2.45, 2.75) is 24.7 Å². The average molecular weight is 268 g/mol. The van der Waals surface area contributed by atoms with Gasteiger partial charge in [-0.05, 0) is 22.4 Å². The Morgan fingerprint density at radius 1 is 1.33 bits per heavy atom. The summed E-state index contributed by atoms with van der Waals surface area (Å²) in [6, 6.07) is 2.52. The highest BCUT2D eigenvalue weighted by atomic mass is 32.1. The van der Waals surface area contributed by atoms with Gasteiger partial charge in [-0.1, -0.05) is 0 Å². The molecule has 4 nitrogen and oxygen atoms in total. The number of rotatable bonds is 3. The van der Waals surface area contributed by atoms with Crippen LogP contribution in [0.2, 0.25) is 0 Å². The molecule has 0 aromatic carbocycles. The van der Waals surface area contributed by atoms with Gasteiger partial charge in [-0.25, -0.2) is 0 Å². The van der Waals surface area contributed by atoms with Gasteiger partial charge >= 0.3 is 0 Å². The van der Waals surface area contributed by atoms with Crippen molar-refractivity contribution < 1.29 is 9.47 Å². The van der Waals surface area contributed by atoms with E-state index >= 15 is 0 Å². The first-order chi connectivity index (χ1) is 8.83. The van der Waals surface area contributed by atoms with Gasteiger partial charge in [0.1, 0.15) is 0 Å². The second kappa shape index (κ2) is 5.27. The van der Waals surface area contributed by atoms with Crippen LogP contribution in [0.1, 0.15) is 24.4 Å². The molecule has 100 valence electrons. The summed E-state index contributed by atoms with van der Waals surface area (Å²) in [6.07, 6.45) is 1.90. The highest BCUT2D eigenvalue weighted by Gasteiger charge is 2.41. The maximum Gasteiger partial charge on any atom is 0.170 e. The standard InChI is InChI=1S/C13H20N2O2S/c14-9-12(11-1-8-18-10-11)15-4-2-13(3-5-15)16-6-7-17-13/h1,8,10,12H,2-7,9,14H2. The smallest absolute Gasteiger partial charge is 0.170 e. The molecule has 1 spiro atoms. The number of piperidine rings is 1. The predicted molar refractivity (Wildman–Crippen MR) is 71.6 cm³/mol. The van der Waals surface area contributed by atoms with Gasteiger partial charge in [0.25, 0.3) is 0 Å². The monoisotopic (exact) mass is 268 g/mol. The van der Waals surface area contributed by atoms with Crippen LogP contribution in [0.25, 0.3) is 0 Å². The van der Waals surface area contributed by atoms with Crippen molar-refractivity contribution in [3.63, 3.8) is 0 Å². The van der Waals surface area contributed by atoms with Crippen LogP contribution in [-0.4, -0.2) is 43.5 Å². The van der Waals surface area contributed by atoms with E-state index in [-0.39, 0.29) is 5.79 Å². The van der Waals surface area contributed by atoms with Gasteiger partial charge < -0.3 is 15.2 Å². The molecule has 0 amide bonds. The Labute approximate surface area is 112 Å². The molecule has 5 heteroatoms. The number of hydrogen-bond acceptors (Lipinski definition) is 5. The first kappa shape index (κ1) is 12.6. The lowest BCUT2D eigenvalue weighted by molar-refractivity contribution is -0.187. The van der Waals surface area contributed by atoms with E-state index in [9.17, 15) is 0 Å². The first-order valence-electron chi connectivity index (χ1n) is 6.57. The number of hydrogen-bond donors (Lipinski definition) is 1.